The van der Waals surface area contributed by atoms with E-state index in [2.05, 4.69) is 47.4 Å². The lowest BCUT2D eigenvalue weighted by atomic mass is 9.94. The number of hydrazine groups is 1. The van der Waals surface area contributed by atoms with Crippen LogP contribution in [0, 0.1) is 13.8 Å². The van der Waals surface area contributed by atoms with Crippen molar-refractivity contribution in [2.75, 3.05) is 19.6 Å². The highest BCUT2D eigenvalue weighted by atomic mass is 16.2. The first-order valence-corrected chi connectivity index (χ1v) is 11.7. The van der Waals surface area contributed by atoms with Crippen molar-refractivity contribution in [3.63, 3.8) is 0 Å². The third-order valence-electron chi connectivity index (χ3n) is 7.00. The minimum Gasteiger partial charge on any atom is -0.356 e. The topological polar surface area (TPSA) is 51.2 Å². The Bertz CT molecular complexity index is 972. The number of benzene rings is 1. The number of likely N-dealkylation sites (tertiary alicyclic amines) is 2. The van der Waals surface area contributed by atoms with Gasteiger partial charge in [-0.15, -0.1) is 0 Å². The van der Waals surface area contributed by atoms with Gasteiger partial charge in [0.25, 0.3) is 5.91 Å². The Morgan fingerprint density at radius 1 is 1.06 bits per heavy atom. The molecule has 6 heteroatoms. The van der Waals surface area contributed by atoms with Crippen molar-refractivity contribution >= 4 is 11.7 Å². The molecule has 0 aliphatic carbocycles. The number of rotatable bonds is 2. The van der Waals surface area contributed by atoms with Gasteiger partial charge in [-0.2, -0.15) is 0 Å². The van der Waals surface area contributed by atoms with Crippen molar-refractivity contribution < 1.29 is 4.79 Å². The van der Waals surface area contributed by atoms with Crippen LogP contribution in [0.25, 0.3) is 0 Å². The summed E-state index contributed by atoms with van der Waals surface area (Å²) in [6.07, 6.45) is 10.1. The van der Waals surface area contributed by atoms with Crippen molar-refractivity contribution in [2.24, 2.45) is 4.99 Å². The molecule has 4 aliphatic rings. The maximum absolute atomic E-state index is 13.5. The Morgan fingerprint density at radius 2 is 1.84 bits per heavy atom. The second kappa shape index (κ2) is 8.15. The quantitative estimate of drug-likeness (QED) is 0.793. The predicted molar refractivity (Wildman–Crippen MR) is 123 cm³/mol. The van der Waals surface area contributed by atoms with Gasteiger partial charge in [-0.3, -0.25) is 9.80 Å². The lowest BCUT2D eigenvalue weighted by molar-refractivity contribution is 0.0560. The van der Waals surface area contributed by atoms with E-state index in [1.165, 1.54) is 24.0 Å². The standard InChI is InChI=1S/C25H33N5O/c1-17-9-10-20(18(2)14-17)25(31)29-13-5-4-8-22(29)21-15-23-26-24(28-11-6-7-12-28)19(3)16-30(23)27-21/h9-10,14-16,21-22,27H,4-8,11-13H2,1-3H3. The van der Waals surface area contributed by atoms with Crippen molar-refractivity contribution in [1.82, 2.24) is 20.2 Å². The summed E-state index contributed by atoms with van der Waals surface area (Å²) >= 11 is 0. The predicted octanol–water partition coefficient (Wildman–Crippen LogP) is 3.74. The number of aliphatic imine (C=N–C) groups is 1. The van der Waals surface area contributed by atoms with Gasteiger partial charge in [0.05, 0.1) is 12.1 Å². The molecule has 1 N–H and O–H groups in total. The average molecular weight is 420 g/mol. The van der Waals surface area contributed by atoms with Crippen LogP contribution in [0.2, 0.25) is 0 Å². The number of nitrogens with zero attached hydrogens (tertiary/aromatic N) is 4. The number of hydrogen-bond donors (Lipinski definition) is 1. The molecule has 0 spiro atoms. The first-order valence-electron chi connectivity index (χ1n) is 11.7. The molecule has 2 atom stereocenters. The first-order chi connectivity index (χ1) is 15.0. The van der Waals surface area contributed by atoms with E-state index in [0.717, 1.165) is 61.7 Å². The van der Waals surface area contributed by atoms with Gasteiger partial charge in [0, 0.05) is 37.0 Å². The minimum absolute atomic E-state index is 0.0794. The smallest absolute Gasteiger partial charge is 0.254 e. The zero-order valence-corrected chi connectivity index (χ0v) is 18.9. The van der Waals surface area contributed by atoms with Gasteiger partial charge >= 0.3 is 0 Å². The summed E-state index contributed by atoms with van der Waals surface area (Å²) in [6.45, 7) is 9.25. The molecule has 1 aromatic rings. The van der Waals surface area contributed by atoms with Crippen LogP contribution < -0.4 is 5.43 Å². The Hall–Kier alpha value is -2.60. The molecule has 0 radical (unpaired) electrons. The van der Waals surface area contributed by atoms with Crippen molar-refractivity contribution in [3.8, 4) is 0 Å². The van der Waals surface area contributed by atoms with Crippen LogP contribution in [-0.2, 0) is 0 Å². The summed E-state index contributed by atoms with van der Waals surface area (Å²) in [6, 6.07) is 6.35. The van der Waals surface area contributed by atoms with Crippen LogP contribution in [0.1, 0.15) is 60.5 Å². The highest BCUT2D eigenvalue weighted by molar-refractivity contribution is 5.99. The second-order valence-electron chi connectivity index (χ2n) is 9.37. The van der Waals surface area contributed by atoms with E-state index in [9.17, 15) is 4.79 Å². The summed E-state index contributed by atoms with van der Waals surface area (Å²) in [5.41, 5.74) is 7.88. The minimum atomic E-state index is 0.0794. The monoisotopic (exact) mass is 419 g/mol. The van der Waals surface area contributed by atoms with Gasteiger partial charge in [-0.05, 0) is 70.6 Å². The third kappa shape index (κ3) is 3.78. The zero-order chi connectivity index (χ0) is 21.5. The molecule has 2 saturated heterocycles. The number of hydrogen-bond acceptors (Lipinski definition) is 5. The molecule has 1 amide bonds. The molecule has 164 valence electrons. The van der Waals surface area contributed by atoms with E-state index in [-0.39, 0.29) is 18.0 Å². The largest absolute Gasteiger partial charge is 0.356 e. The molecule has 4 aliphatic heterocycles. The van der Waals surface area contributed by atoms with Crippen LogP contribution in [0.5, 0.6) is 0 Å². The Balaban J connectivity index is 1.39. The maximum Gasteiger partial charge on any atom is 0.254 e. The Kier molecular flexibility index (Phi) is 5.34. The first kappa shape index (κ1) is 20.3. The zero-order valence-electron chi connectivity index (χ0n) is 18.9. The van der Waals surface area contributed by atoms with Gasteiger partial charge in [-0.25, -0.2) is 10.4 Å². The SMILES string of the molecule is CC1=CN2NC(C3CCCCN3C(=O)c3ccc(C)cc3C)C=C2N=C1N1CCCC1. The van der Waals surface area contributed by atoms with E-state index >= 15 is 0 Å². The molecule has 0 bridgehead atoms. The normalized spacial score (nSPS) is 25.9. The van der Waals surface area contributed by atoms with E-state index in [4.69, 9.17) is 4.99 Å². The molecule has 1 aromatic carbocycles. The number of carbonyl (C=O) groups is 1. The Morgan fingerprint density at radius 3 is 2.61 bits per heavy atom. The van der Waals surface area contributed by atoms with Crippen LogP contribution >= 0.6 is 0 Å². The number of piperidine rings is 1. The van der Waals surface area contributed by atoms with Gasteiger partial charge < -0.3 is 9.80 Å². The number of fused-ring (bicyclic) bond motifs is 1. The van der Waals surface area contributed by atoms with Gasteiger partial charge in [-0.1, -0.05) is 17.7 Å². The lowest BCUT2D eigenvalue weighted by Crippen LogP contribution is -2.54. The summed E-state index contributed by atoms with van der Waals surface area (Å²) in [4.78, 5) is 23.0. The summed E-state index contributed by atoms with van der Waals surface area (Å²) in [5, 5.41) is 2.05. The third-order valence-corrected chi connectivity index (χ3v) is 7.00. The molecule has 0 aromatic heterocycles. The van der Waals surface area contributed by atoms with Crippen LogP contribution in [0.15, 0.2) is 46.9 Å². The maximum atomic E-state index is 13.5. The number of amides is 1. The summed E-state index contributed by atoms with van der Waals surface area (Å²) in [5.74, 6) is 2.22. The number of aryl methyl sites for hydroxylation is 2. The van der Waals surface area contributed by atoms with Gasteiger partial charge in [0.1, 0.15) is 11.7 Å². The second-order valence-corrected chi connectivity index (χ2v) is 9.37. The van der Waals surface area contributed by atoms with Crippen molar-refractivity contribution in [3.05, 3.63) is 58.6 Å². The molecule has 0 saturated carbocycles. The highest BCUT2D eigenvalue weighted by Gasteiger charge is 2.38. The molecule has 2 unspecified atom stereocenters. The number of nitrogens with one attached hydrogen (secondary N) is 1. The molecule has 2 fully saturated rings. The van der Waals surface area contributed by atoms with E-state index < -0.39 is 0 Å². The average Bonchev–Trinajstić information content (AvgIpc) is 3.42. The lowest BCUT2D eigenvalue weighted by Gasteiger charge is -2.39. The molecule has 5 rings (SSSR count). The molecular weight excluding hydrogens is 386 g/mol. The number of amidine groups is 1. The van der Waals surface area contributed by atoms with E-state index in [0.29, 0.717) is 0 Å². The van der Waals surface area contributed by atoms with Gasteiger partial charge in [0.15, 0.2) is 0 Å². The summed E-state index contributed by atoms with van der Waals surface area (Å²) in [7, 11) is 0. The van der Waals surface area contributed by atoms with Crippen LogP contribution in [0.4, 0.5) is 0 Å². The fourth-order valence-electron chi connectivity index (χ4n) is 5.38. The number of carbonyl (C=O) groups excluding carboxylic acids is 1. The summed E-state index contributed by atoms with van der Waals surface area (Å²) < 4.78 is 0. The molecule has 31 heavy (non-hydrogen) atoms. The fraction of sp³-hybridized carbons (Fsp3) is 0.520. The van der Waals surface area contributed by atoms with E-state index in [1.807, 2.05) is 24.1 Å². The molecular formula is C25H33N5O. The van der Waals surface area contributed by atoms with Crippen LogP contribution in [-0.4, -0.2) is 58.3 Å². The fourth-order valence-corrected chi connectivity index (χ4v) is 5.38. The van der Waals surface area contributed by atoms with Gasteiger partial charge in [0.2, 0.25) is 0 Å². The van der Waals surface area contributed by atoms with Crippen LogP contribution in [0.3, 0.4) is 0 Å². The Labute approximate surface area is 185 Å². The van der Waals surface area contributed by atoms with Crippen molar-refractivity contribution in [2.45, 2.75) is 65.0 Å². The highest BCUT2D eigenvalue weighted by Crippen LogP contribution is 2.30. The molecule has 6 nitrogen and oxygen atoms in total. The molecule has 4 heterocycles. The van der Waals surface area contributed by atoms with E-state index in [1.54, 1.807) is 0 Å². The van der Waals surface area contributed by atoms with Crippen molar-refractivity contribution in [1.29, 1.82) is 0 Å².